The van der Waals surface area contributed by atoms with Crippen LogP contribution in [-0.2, 0) is 11.4 Å². The quantitative estimate of drug-likeness (QED) is 0.124. The average Bonchev–Trinajstić information content (AvgIpc) is 3.53. The van der Waals surface area contributed by atoms with E-state index >= 15 is 0 Å². The van der Waals surface area contributed by atoms with Crippen LogP contribution in [0.25, 0.3) is 28.1 Å². The van der Waals surface area contributed by atoms with Crippen molar-refractivity contribution in [3.05, 3.63) is 157 Å². The number of aromatic nitrogens is 2. The van der Waals surface area contributed by atoms with E-state index in [2.05, 4.69) is 22.7 Å². The zero-order valence-corrected chi connectivity index (χ0v) is 24.8. The number of para-hydroxylation sites is 1. The van der Waals surface area contributed by atoms with E-state index in [1.165, 1.54) is 0 Å². The van der Waals surface area contributed by atoms with E-state index in [4.69, 9.17) is 14.6 Å². The molecule has 6 rings (SSSR count). The standard InChI is InChI=1S/C38H32N4O3/c1-28(45-36-23-17-31(18-24-36)30-13-7-3-8-14-30)38(43)40-39-25-33-26-42(34-15-9-4-10-16-34)41-37(33)32-19-21-35(22-20-32)44-27-29-11-5-2-6-12-29/h2-26,28H,27H2,1H3,(H,40,43)/b39-25-/t28-/m0/s1. The highest BCUT2D eigenvalue weighted by Crippen LogP contribution is 2.26. The third-order valence-electron chi connectivity index (χ3n) is 7.16. The van der Waals surface area contributed by atoms with Gasteiger partial charge in [0, 0.05) is 17.3 Å². The number of carbonyl (C=O) groups is 1. The van der Waals surface area contributed by atoms with Crippen LogP contribution >= 0.6 is 0 Å². The maximum Gasteiger partial charge on any atom is 0.280 e. The van der Waals surface area contributed by atoms with Gasteiger partial charge in [-0.1, -0.05) is 91.0 Å². The summed E-state index contributed by atoms with van der Waals surface area (Å²) in [5, 5.41) is 9.09. The van der Waals surface area contributed by atoms with Crippen molar-refractivity contribution >= 4 is 12.1 Å². The summed E-state index contributed by atoms with van der Waals surface area (Å²) >= 11 is 0. The van der Waals surface area contributed by atoms with Crippen molar-refractivity contribution in [2.24, 2.45) is 5.10 Å². The molecule has 222 valence electrons. The Morgan fingerprint density at radius 2 is 1.33 bits per heavy atom. The van der Waals surface area contributed by atoms with Crippen molar-refractivity contribution in [3.63, 3.8) is 0 Å². The minimum atomic E-state index is -0.750. The second kappa shape index (κ2) is 14.0. The number of hydrogen-bond donors (Lipinski definition) is 1. The number of nitrogens with one attached hydrogen (secondary N) is 1. The molecule has 1 heterocycles. The van der Waals surface area contributed by atoms with Gasteiger partial charge < -0.3 is 9.47 Å². The zero-order chi connectivity index (χ0) is 30.8. The molecule has 0 aliphatic carbocycles. The van der Waals surface area contributed by atoms with Crippen LogP contribution in [0, 0.1) is 0 Å². The van der Waals surface area contributed by atoms with Crippen LogP contribution in [0.15, 0.2) is 151 Å². The van der Waals surface area contributed by atoms with Gasteiger partial charge in [-0.3, -0.25) is 4.79 Å². The summed E-state index contributed by atoms with van der Waals surface area (Å²) in [6, 6.07) is 45.4. The SMILES string of the molecule is C[C@H](Oc1ccc(-c2ccccc2)cc1)C(=O)N/N=C\c1cn(-c2ccccc2)nc1-c1ccc(OCc2ccccc2)cc1. The first kappa shape index (κ1) is 29.1. The molecule has 0 saturated carbocycles. The Bertz CT molecular complexity index is 1850. The summed E-state index contributed by atoms with van der Waals surface area (Å²) in [4.78, 5) is 12.8. The fourth-order valence-electron chi connectivity index (χ4n) is 4.74. The van der Waals surface area contributed by atoms with Gasteiger partial charge in [0.2, 0.25) is 0 Å². The minimum absolute atomic E-state index is 0.365. The van der Waals surface area contributed by atoms with Gasteiger partial charge in [0.05, 0.1) is 11.9 Å². The maximum atomic E-state index is 12.8. The van der Waals surface area contributed by atoms with Gasteiger partial charge in [0.15, 0.2) is 6.10 Å². The van der Waals surface area contributed by atoms with Gasteiger partial charge in [-0.15, -0.1) is 0 Å². The lowest BCUT2D eigenvalue weighted by atomic mass is 10.1. The number of nitrogens with zero attached hydrogens (tertiary/aromatic N) is 3. The highest BCUT2D eigenvalue weighted by atomic mass is 16.5. The first-order chi connectivity index (χ1) is 22.1. The molecule has 0 radical (unpaired) electrons. The fraction of sp³-hybridized carbons (Fsp3) is 0.0789. The summed E-state index contributed by atoms with van der Waals surface area (Å²) in [6.07, 6.45) is 2.73. The van der Waals surface area contributed by atoms with Gasteiger partial charge in [-0.05, 0) is 72.1 Å². The van der Waals surface area contributed by atoms with Crippen molar-refractivity contribution in [3.8, 4) is 39.6 Å². The topological polar surface area (TPSA) is 77.7 Å². The highest BCUT2D eigenvalue weighted by molar-refractivity contribution is 5.90. The third-order valence-corrected chi connectivity index (χ3v) is 7.16. The molecule has 1 amide bonds. The normalized spacial score (nSPS) is 11.7. The zero-order valence-electron chi connectivity index (χ0n) is 24.8. The van der Waals surface area contributed by atoms with Gasteiger partial charge >= 0.3 is 0 Å². The summed E-state index contributed by atoms with van der Waals surface area (Å²) in [5.41, 5.74) is 9.15. The molecule has 45 heavy (non-hydrogen) atoms. The number of carbonyl (C=O) groups excluding carboxylic acids is 1. The Balaban J connectivity index is 1.13. The second-order valence-corrected chi connectivity index (χ2v) is 10.4. The van der Waals surface area contributed by atoms with Crippen molar-refractivity contribution in [1.29, 1.82) is 0 Å². The number of hydrazone groups is 1. The van der Waals surface area contributed by atoms with Crippen LogP contribution in [0.1, 0.15) is 18.1 Å². The summed E-state index contributed by atoms with van der Waals surface area (Å²) < 4.78 is 13.6. The monoisotopic (exact) mass is 592 g/mol. The van der Waals surface area contributed by atoms with E-state index in [1.807, 2.05) is 134 Å². The van der Waals surface area contributed by atoms with Crippen LogP contribution in [0.5, 0.6) is 11.5 Å². The van der Waals surface area contributed by atoms with E-state index in [0.29, 0.717) is 18.1 Å². The molecule has 0 fully saturated rings. The van der Waals surface area contributed by atoms with Gasteiger partial charge in [0.1, 0.15) is 23.8 Å². The molecule has 0 spiro atoms. The molecular weight excluding hydrogens is 560 g/mol. The molecule has 0 aliphatic rings. The summed E-state index contributed by atoms with van der Waals surface area (Å²) in [7, 11) is 0. The van der Waals surface area contributed by atoms with Crippen LogP contribution < -0.4 is 14.9 Å². The number of ether oxygens (including phenoxy) is 2. The molecule has 7 nitrogen and oxygen atoms in total. The van der Waals surface area contributed by atoms with E-state index in [0.717, 1.165) is 39.3 Å². The largest absolute Gasteiger partial charge is 0.489 e. The van der Waals surface area contributed by atoms with E-state index < -0.39 is 6.10 Å². The molecular formula is C38H32N4O3. The Morgan fingerprint density at radius 3 is 2.02 bits per heavy atom. The molecule has 1 aromatic heterocycles. The van der Waals surface area contributed by atoms with Crippen molar-refractivity contribution in [2.45, 2.75) is 19.6 Å². The molecule has 1 atom stereocenters. The van der Waals surface area contributed by atoms with Gasteiger partial charge in [-0.25, -0.2) is 10.1 Å². The molecule has 7 heteroatoms. The van der Waals surface area contributed by atoms with Crippen molar-refractivity contribution < 1.29 is 14.3 Å². The minimum Gasteiger partial charge on any atom is -0.489 e. The van der Waals surface area contributed by atoms with Gasteiger partial charge in [0.25, 0.3) is 5.91 Å². The molecule has 1 N–H and O–H groups in total. The van der Waals surface area contributed by atoms with E-state index in [9.17, 15) is 4.79 Å². The van der Waals surface area contributed by atoms with Crippen LogP contribution in [0.3, 0.4) is 0 Å². The maximum absolute atomic E-state index is 12.8. The van der Waals surface area contributed by atoms with E-state index in [1.54, 1.807) is 17.8 Å². The van der Waals surface area contributed by atoms with E-state index in [-0.39, 0.29) is 5.91 Å². The second-order valence-electron chi connectivity index (χ2n) is 10.4. The number of amides is 1. The summed E-state index contributed by atoms with van der Waals surface area (Å²) in [5.74, 6) is 0.996. The highest BCUT2D eigenvalue weighted by Gasteiger charge is 2.15. The van der Waals surface area contributed by atoms with Crippen LogP contribution in [0.4, 0.5) is 0 Å². The smallest absolute Gasteiger partial charge is 0.280 e. The molecule has 6 aromatic rings. The lowest BCUT2D eigenvalue weighted by Gasteiger charge is -2.13. The molecule has 0 bridgehead atoms. The molecule has 5 aromatic carbocycles. The lowest BCUT2D eigenvalue weighted by Crippen LogP contribution is -2.33. The van der Waals surface area contributed by atoms with Crippen LogP contribution in [0.2, 0.25) is 0 Å². The third kappa shape index (κ3) is 7.53. The predicted octanol–water partition coefficient (Wildman–Crippen LogP) is 7.70. The van der Waals surface area contributed by atoms with Gasteiger partial charge in [-0.2, -0.15) is 10.2 Å². The Morgan fingerprint density at radius 1 is 0.756 bits per heavy atom. The number of rotatable bonds is 11. The average molecular weight is 593 g/mol. The molecule has 0 unspecified atom stereocenters. The number of benzene rings is 5. The Labute approximate surface area is 262 Å². The van der Waals surface area contributed by atoms with Crippen molar-refractivity contribution in [1.82, 2.24) is 15.2 Å². The predicted molar refractivity (Wildman–Crippen MR) is 177 cm³/mol. The van der Waals surface area contributed by atoms with Crippen molar-refractivity contribution in [2.75, 3.05) is 0 Å². The Hall–Kier alpha value is -5.95. The number of hydrogen-bond acceptors (Lipinski definition) is 5. The molecule has 0 aliphatic heterocycles. The molecule has 0 saturated heterocycles. The summed E-state index contributed by atoms with van der Waals surface area (Å²) in [6.45, 7) is 2.18. The van der Waals surface area contributed by atoms with Crippen LogP contribution in [-0.4, -0.2) is 28.0 Å². The Kier molecular flexibility index (Phi) is 9.07. The first-order valence-corrected chi connectivity index (χ1v) is 14.7. The lowest BCUT2D eigenvalue weighted by molar-refractivity contribution is -0.127. The fourth-order valence-corrected chi connectivity index (χ4v) is 4.74. The first-order valence-electron chi connectivity index (χ1n) is 14.7.